The summed E-state index contributed by atoms with van der Waals surface area (Å²) in [6.45, 7) is 6.60. The van der Waals surface area contributed by atoms with Gasteiger partial charge in [0.15, 0.2) is 11.6 Å². The van der Waals surface area contributed by atoms with Crippen molar-refractivity contribution in [3.8, 4) is 0 Å². The Bertz CT molecular complexity index is 701. The molecule has 4 rings (SSSR count). The molecule has 1 saturated heterocycles. The Balaban J connectivity index is 1.68. The van der Waals surface area contributed by atoms with E-state index < -0.39 is 0 Å². The molecule has 1 aliphatic heterocycles. The van der Waals surface area contributed by atoms with Crippen molar-refractivity contribution >= 4 is 11.6 Å². The molecule has 122 valence electrons. The van der Waals surface area contributed by atoms with Gasteiger partial charge in [-0.1, -0.05) is 6.42 Å². The maximum absolute atomic E-state index is 5.83. The number of fused-ring (bicyclic) bond motifs is 1. The van der Waals surface area contributed by atoms with Gasteiger partial charge in [-0.15, -0.1) is 10.2 Å². The number of hydrogen-bond donors (Lipinski definition) is 1. The summed E-state index contributed by atoms with van der Waals surface area (Å²) in [5, 5.41) is 11.7. The number of hydrogen-bond acceptors (Lipinski definition) is 7. The zero-order valence-corrected chi connectivity index (χ0v) is 13.6. The van der Waals surface area contributed by atoms with E-state index in [-0.39, 0.29) is 5.41 Å². The summed E-state index contributed by atoms with van der Waals surface area (Å²) in [5.41, 5.74) is -0.0255. The van der Waals surface area contributed by atoms with Crippen LogP contribution < -0.4 is 10.2 Å². The van der Waals surface area contributed by atoms with Crippen LogP contribution in [0.1, 0.15) is 38.0 Å². The van der Waals surface area contributed by atoms with E-state index in [9.17, 15) is 0 Å². The monoisotopic (exact) mass is 314 g/mol. The van der Waals surface area contributed by atoms with Gasteiger partial charge in [-0.25, -0.2) is 9.97 Å². The Labute approximate surface area is 135 Å². The molecule has 0 unspecified atom stereocenters. The summed E-state index contributed by atoms with van der Waals surface area (Å²) in [4.78, 5) is 11.3. The minimum atomic E-state index is -0.0255. The number of aromatic nitrogens is 4. The van der Waals surface area contributed by atoms with Crippen molar-refractivity contribution in [2.45, 2.75) is 38.5 Å². The number of aryl methyl sites for hydroxylation is 1. The molecule has 3 heterocycles. The van der Waals surface area contributed by atoms with Crippen molar-refractivity contribution < 1.29 is 4.42 Å². The van der Waals surface area contributed by atoms with Crippen molar-refractivity contribution in [2.24, 2.45) is 5.92 Å². The quantitative estimate of drug-likeness (QED) is 0.926. The van der Waals surface area contributed by atoms with Crippen LogP contribution in [0.3, 0.4) is 0 Å². The molecule has 2 atom stereocenters. The highest BCUT2D eigenvalue weighted by Crippen LogP contribution is 2.51. The van der Waals surface area contributed by atoms with Gasteiger partial charge in [-0.2, -0.15) is 0 Å². The Morgan fingerprint density at radius 2 is 2.22 bits per heavy atom. The maximum atomic E-state index is 5.83. The van der Waals surface area contributed by atoms with Gasteiger partial charge < -0.3 is 14.6 Å². The molecular formula is C16H22N6O. The molecule has 2 aromatic rings. The second kappa shape index (κ2) is 5.47. The molecule has 0 spiro atoms. The smallest absolute Gasteiger partial charge is 0.224 e. The van der Waals surface area contributed by atoms with Crippen LogP contribution in [0.5, 0.6) is 0 Å². The minimum absolute atomic E-state index is 0.0255. The van der Waals surface area contributed by atoms with E-state index >= 15 is 0 Å². The molecular weight excluding hydrogens is 292 g/mol. The number of anilines is 2. The van der Waals surface area contributed by atoms with Gasteiger partial charge in [0.2, 0.25) is 11.8 Å². The number of rotatable bonds is 4. The lowest BCUT2D eigenvalue weighted by molar-refractivity contribution is 0.299. The Morgan fingerprint density at radius 1 is 1.35 bits per heavy atom. The number of nitrogens with zero attached hydrogens (tertiary/aromatic N) is 5. The molecule has 2 aliphatic rings. The van der Waals surface area contributed by atoms with E-state index in [1.165, 1.54) is 12.8 Å². The Hall–Kier alpha value is -2.18. The van der Waals surface area contributed by atoms with Crippen molar-refractivity contribution in [1.82, 2.24) is 20.2 Å². The topological polar surface area (TPSA) is 80.0 Å². The van der Waals surface area contributed by atoms with Gasteiger partial charge in [0, 0.05) is 39.0 Å². The molecule has 23 heavy (non-hydrogen) atoms. The summed E-state index contributed by atoms with van der Waals surface area (Å²) in [6, 6.07) is 0. The SMILES string of the molecule is CCNc1nccnc1N1C[C@@H]2CCC[C@]2(c2nnc(C)o2)C1. The molecule has 0 aromatic carbocycles. The second-order valence-electron chi connectivity index (χ2n) is 6.51. The lowest BCUT2D eigenvalue weighted by atomic mass is 9.80. The van der Waals surface area contributed by atoms with Crippen LogP contribution in [0.4, 0.5) is 11.6 Å². The van der Waals surface area contributed by atoms with Crippen LogP contribution in [0, 0.1) is 12.8 Å². The molecule has 7 nitrogen and oxygen atoms in total. The average molecular weight is 314 g/mol. The predicted molar refractivity (Wildman–Crippen MR) is 86.5 cm³/mol. The van der Waals surface area contributed by atoms with Crippen LogP contribution in [-0.2, 0) is 5.41 Å². The third-order valence-corrected chi connectivity index (χ3v) is 5.15. The van der Waals surface area contributed by atoms with Crippen molar-refractivity contribution in [2.75, 3.05) is 29.9 Å². The summed E-state index contributed by atoms with van der Waals surface area (Å²) >= 11 is 0. The largest absolute Gasteiger partial charge is 0.425 e. The first kappa shape index (κ1) is 14.4. The van der Waals surface area contributed by atoms with Crippen molar-refractivity contribution in [3.05, 3.63) is 24.2 Å². The summed E-state index contributed by atoms with van der Waals surface area (Å²) in [5.74, 6) is 3.77. The molecule has 0 radical (unpaired) electrons. The van der Waals surface area contributed by atoms with Crippen LogP contribution in [-0.4, -0.2) is 39.8 Å². The summed E-state index contributed by atoms with van der Waals surface area (Å²) in [7, 11) is 0. The molecule has 0 amide bonds. The first-order chi connectivity index (χ1) is 11.2. The molecule has 1 N–H and O–H groups in total. The predicted octanol–water partition coefficient (Wildman–Crippen LogP) is 2.16. The highest BCUT2D eigenvalue weighted by molar-refractivity contribution is 5.61. The zero-order chi connectivity index (χ0) is 15.9. The summed E-state index contributed by atoms with van der Waals surface area (Å²) in [6.07, 6.45) is 7.02. The molecule has 2 fully saturated rings. The van der Waals surface area contributed by atoms with Crippen LogP contribution in [0.15, 0.2) is 16.8 Å². The average Bonchev–Trinajstić information content (AvgIpc) is 3.21. The van der Waals surface area contributed by atoms with E-state index in [0.717, 1.165) is 43.6 Å². The van der Waals surface area contributed by atoms with Gasteiger partial charge in [-0.3, -0.25) is 0 Å². The standard InChI is InChI=1S/C16H22N6O/c1-3-17-13-14(19-8-7-18-13)22-9-12-5-4-6-16(12,10-22)15-21-20-11(2)23-15/h7-8,12H,3-6,9-10H2,1-2H3,(H,17,18)/t12-,16-/m0/s1. The summed E-state index contributed by atoms with van der Waals surface area (Å²) < 4.78 is 5.83. The van der Waals surface area contributed by atoms with Gasteiger partial charge in [0.05, 0.1) is 5.41 Å². The second-order valence-corrected chi connectivity index (χ2v) is 6.51. The van der Waals surface area contributed by atoms with Gasteiger partial charge in [-0.05, 0) is 25.7 Å². The third-order valence-electron chi connectivity index (χ3n) is 5.15. The first-order valence-corrected chi connectivity index (χ1v) is 8.33. The molecule has 0 bridgehead atoms. The van der Waals surface area contributed by atoms with E-state index in [2.05, 4.69) is 37.3 Å². The maximum Gasteiger partial charge on any atom is 0.224 e. The van der Waals surface area contributed by atoms with Gasteiger partial charge in [0.1, 0.15) is 0 Å². The molecule has 7 heteroatoms. The lowest BCUT2D eigenvalue weighted by Crippen LogP contribution is -2.33. The normalized spacial score (nSPS) is 26.5. The Morgan fingerprint density at radius 3 is 3.00 bits per heavy atom. The van der Waals surface area contributed by atoms with Crippen LogP contribution in [0.2, 0.25) is 0 Å². The minimum Gasteiger partial charge on any atom is -0.425 e. The van der Waals surface area contributed by atoms with E-state index in [1.807, 2.05) is 6.92 Å². The Kier molecular flexibility index (Phi) is 3.43. The van der Waals surface area contributed by atoms with E-state index in [4.69, 9.17) is 4.42 Å². The fourth-order valence-electron chi connectivity index (χ4n) is 4.15. The number of nitrogens with one attached hydrogen (secondary N) is 1. The molecule has 1 saturated carbocycles. The van der Waals surface area contributed by atoms with Crippen LogP contribution in [0.25, 0.3) is 0 Å². The van der Waals surface area contributed by atoms with Crippen LogP contribution >= 0.6 is 0 Å². The highest BCUT2D eigenvalue weighted by Gasteiger charge is 2.54. The van der Waals surface area contributed by atoms with Crippen molar-refractivity contribution in [3.63, 3.8) is 0 Å². The zero-order valence-electron chi connectivity index (χ0n) is 13.6. The van der Waals surface area contributed by atoms with E-state index in [1.54, 1.807) is 12.4 Å². The van der Waals surface area contributed by atoms with Gasteiger partial charge in [0.25, 0.3) is 0 Å². The van der Waals surface area contributed by atoms with Crippen molar-refractivity contribution in [1.29, 1.82) is 0 Å². The third kappa shape index (κ3) is 2.26. The van der Waals surface area contributed by atoms with Gasteiger partial charge >= 0.3 is 0 Å². The fraction of sp³-hybridized carbons (Fsp3) is 0.625. The highest BCUT2D eigenvalue weighted by atomic mass is 16.4. The molecule has 2 aromatic heterocycles. The lowest BCUT2D eigenvalue weighted by Gasteiger charge is -2.25. The van der Waals surface area contributed by atoms with E-state index in [0.29, 0.717) is 11.8 Å². The fourth-order valence-corrected chi connectivity index (χ4v) is 4.15. The molecule has 1 aliphatic carbocycles. The first-order valence-electron chi connectivity index (χ1n) is 8.33.